The molecule has 0 unspecified atom stereocenters. The van der Waals surface area contributed by atoms with Crippen molar-refractivity contribution in [2.24, 2.45) is 5.41 Å². The topological polar surface area (TPSA) is 37.8 Å². The highest BCUT2D eigenvalue weighted by Crippen LogP contribution is 2.20. The Labute approximate surface area is 109 Å². The van der Waals surface area contributed by atoms with Gasteiger partial charge >= 0.3 is 0 Å². The summed E-state index contributed by atoms with van der Waals surface area (Å²) in [5.41, 5.74) is 3.20. The fourth-order valence-corrected chi connectivity index (χ4v) is 1.81. The van der Waals surface area contributed by atoms with Gasteiger partial charge in [0.05, 0.1) is 16.7 Å². The van der Waals surface area contributed by atoms with Gasteiger partial charge in [-0.3, -0.25) is 0 Å². The number of benzene rings is 1. The summed E-state index contributed by atoms with van der Waals surface area (Å²) in [6.07, 6.45) is 1.11. The molecule has 0 aliphatic rings. The number of hydrogen-bond donors (Lipinski definition) is 1. The van der Waals surface area contributed by atoms with Crippen LogP contribution >= 0.6 is 0 Å². The molecule has 18 heavy (non-hydrogen) atoms. The van der Waals surface area contributed by atoms with Crippen molar-refractivity contribution < 1.29 is 0 Å². The van der Waals surface area contributed by atoms with Crippen molar-refractivity contribution in [2.75, 3.05) is 11.9 Å². The van der Waals surface area contributed by atoms with E-state index in [1.807, 2.05) is 31.2 Å². The molecule has 0 aliphatic carbocycles. The summed E-state index contributed by atoms with van der Waals surface area (Å²) in [6, 6.07) is 7.97. The lowest BCUT2D eigenvalue weighted by Crippen LogP contribution is -2.14. The van der Waals surface area contributed by atoms with Crippen LogP contribution in [0.4, 0.5) is 5.82 Å². The molecule has 0 saturated carbocycles. The van der Waals surface area contributed by atoms with Crippen LogP contribution in [0, 0.1) is 12.3 Å². The minimum Gasteiger partial charge on any atom is -0.369 e. The van der Waals surface area contributed by atoms with Crippen LogP contribution in [0.25, 0.3) is 11.0 Å². The van der Waals surface area contributed by atoms with Crippen molar-refractivity contribution in [3.05, 3.63) is 30.0 Å². The number of anilines is 1. The number of aromatic nitrogens is 2. The van der Waals surface area contributed by atoms with Gasteiger partial charge in [0.2, 0.25) is 0 Å². The molecule has 3 heteroatoms. The summed E-state index contributed by atoms with van der Waals surface area (Å²) >= 11 is 0. The summed E-state index contributed by atoms with van der Waals surface area (Å²) in [4.78, 5) is 9.19. The van der Waals surface area contributed by atoms with E-state index in [0.717, 1.165) is 35.5 Å². The summed E-state index contributed by atoms with van der Waals surface area (Å²) < 4.78 is 0. The zero-order chi connectivity index (χ0) is 13.2. The van der Waals surface area contributed by atoms with Crippen LogP contribution in [-0.4, -0.2) is 16.5 Å². The summed E-state index contributed by atoms with van der Waals surface area (Å²) in [7, 11) is 0. The molecule has 1 aromatic heterocycles. The Hall–Kier alpha value is -1.64. The standard InChI is InChI=1S/C15H21N3/c1-11-14(16-10-9-15(2,3)4)18-13-8-6-5-7-12(13)17-11/h5-8H,9-10H2,1-4H3,(H,16,18). The Kier molecular flexibility index (Phi) is 3.50. The molecular weight excluding hydrogens is 222 g/mol. The van der Waals surface area contributed by atoms with E-state index in [0.29, 0.717) is 5.41 Å². The second-order valence-electron chi connectivity index (χ2n) is 5.88. The zero-order valence-electron chi connectivity index (χ0n) is 11.6. The lowest BCUT2D eigenvalue weighted by Gasteiger charge is -2.18. The number of aryl methyl sites for hydroxylation is 1. The number of hydrogen-bond acceptors (Lipinski definition) is 3. The van der Waals surface area contributed by atoms with Crippen LogP contribution in [0.15, 0.2) is 24.3 Å². The van der Waals surface area contributed by atoms with Gasteiger partial charge in [-0.1, -0.05) is 32.9 Å². The van der Waals surface area contributed by atoms with Gasteiger partial charge < -0.3 is 5.32 Å². The van der Waals surface area contributed by atoms with E-state index in [1.54, 1.807) is 0 Å². The second-order valence-corrected chi connectivity index (χ2v) is 5.88. The van der Waals surface area contributed by atoms with Gasteiger partial charge in [0.25, 0.3) is 0 Å². The average Bonchev–Trinajstić information content (AvgIpc) is 2.28. The Morgan fingerprint density at radius 3 is 2.28 bits per heavy atom. The smallest absolute Gasteiger partial charge is 0.148 e. The highest BCUT2D eigenvalue weighted by molar-refractivity contribution is 5.76. The number of nitrogens with zero attached hydrogens (tertiary/aromatic N) is 2. The maximum atomic E-state index is 4.62. The fraction of sp³-hybridized carbons (Fsp3) is 0.467. The van der Waals surface area contributed by atoms with Crippen molar-refractivity contribution in [3.8, 4) is 0 Å². The monoisotopic (exact) mass is 243 g/mol. The Balaban J connectivity index is 2.15. The molecule has 0 spiro atoms. The molecule has 0 atom stereocenters. The molecule has 0 saturated heterocycles. The molecule has 1 N–H and O–H groups in total. The molecule has 0 radical (unpaired) electrons. The van der Waals surface area contributed by atoms with Crippen LogP contribution < -0.4 is 5.32 Å². The minimum atomic E-state index is 0.338. The quantitative estimate of drug-likeness (QED) is 0.891. The van der Waals surface area contributed by atoms with Gasteiger partial charge in [-0.2, -0.15) is 0 Å². The largest absolute Gasteiger partial charge is 0.369 e. The van der Waals surface area contributed by atoms with Gasteiger partial charge in [0.15, 0.2) is 0 Å². The molecule has 2 rings (SSSR count). The average molecular weight is 243 g/mol. The van der Waals surface area contributed by atoms with Crippen LogP contribution in [0.2, 0.25) is 0 Å². The Morgan fingerprint density at radius 2 is 1.67 bits per heavy atom. The van der Waals surface area contributed by atoms with Crippen LogP contribution in [-0.2, 0) is 0 Å². The zero-order valence-corrected chi connectivity index (χ0v) is 11.6. The van der Waals surface area contributed by atoms with E-state index < -0.39 is 0 Å². The SMILES string of the molecule is Cc1nc2ccccc2nc1NCCC(C)(C)C. The molecular formula is C15H21N3. The maximum absolute atomic E-state index is 4.62. The second kappa shape index (κ2) is 4.92. The first-order valence-corrected chi connectivity index (χ1v) is 6.43. The molecule has 0 amide bonds. The van der Waals surface area contributed by atoms with E-state index in [1.165, 1.54) is 0 Å². The van der Waals surface area contributed by atoms with Gasteiger partial charge in [0.1, 0.15) is 5.82 Å². The minimum absolute atomic E-state index is 0.338. The maximum Gasteiger partial charge on any atom is 0.148 e. The third-order valence-corrected chi connectivity index (χ3v) is 2.91. The van der Waals surface area contributed by atoms with Crippen molar-refractivity contribution in [1.29, 1.82) is 0 Å². The predicted molar refractivity (Wildman–Crippen MR) is 76.8 cm³/mol. The number of rotatable bonds is 3. The molecule has 1 aromatic carbocycles. The van der Waals surface area contributed by atoms with Gasteiger partial charge in [-0.15, -0.1) is 0 Å². The van der Waals surface area contributed by atoms with E-state index in [-0.39, 0.29) is 0 Å². The van der Waals surface area contributed by atoms with Gasteiger partial charge in [-0.25, -0.2) is 9.97 Å². The predicted octanol–water partition coefficient (Wildman–Crippen LogP) is 3.79. The highest BCUT2D eigenvalue weighted by Gasteiger charge is 2.10. The lowest BCUT2D eigenvalue weighted by atomic mass is 9.92. The van der Waals surface area contributed by atoms with Crippen molar-refractivity contribution >= 4 is 16.9 Å². The van der Waals surface area contributed by atoms with Gasteiger partial charge in [-0.05, 0) is 30.9 Å². The fourth-order valence-electron chi connectivity index (χ4n) is 1.81. The Morgan fingerprint density at radius 1 is 1.06 bits per heavy atom. The van der Waals surface area contributed by atoms with Crippen LogP contribution in [0.5, 0.6) is 0 Å². The first kappa shape index (κ1) is 12.8. The van der Waals surface area contributed by atoms with Crippen LogP contribution in [0.1, 0.15) is 32.9 Å². The van der Waals surface area contributed by atoms with E-state index in [9.17, 15) is 0 Å². The lowest BCUT2D eigenvalue weighted by molar-refractivity contribution is 0.389. The van der Waals surface area contributed by atoms with Crippen molar-refractivity contribution in [3.63, 3.8) is 0 Å². The molecule has 0 aliphatic heterocycles. The highest BCUT2D eigenvalue weighted by atomic mass is 15.0. The summed E-state index contributed by atoms with van der Waals surface area (Å²) in [5.74, 6) is 0.901. The Bertz CT molecular complexity index is 541. The normalized spacial score (nSPS) is 11.8. The molecule has 96 valence electrons. The number of fused-ring (bicyclic) bond motifs is 1. The number of para-hydroxylation sites is 2. The first-order chi connectivity index (χ1) is 8.46. The van der Waals surface area contributed by atoms with Crippen molar-refractivity contribution in [2.45, 2.75) is 34.1 Å². The third-order valence-electron chi connectivity index (χ3n) is 2.91. The molecule has 0 fully saturated rings. The summed E-state index contributed by atoms with van der Waals surface area (Å²) in [5, 5.41) is 3.39. The molecule has 1 heterocycles. The van der Waals surface area contributed by atoms with E-state index in [2.05, 4.69) is 36.1 Å². The van der Waals surface area contributed by atoms with E-state index >= 15 is 0 Å². The first-order valence-electron chi connectivity index (χ1n) is 6.43. The summed E-state index contributed by atoms with van der Waals surface area (Å²) in [6.45, 7) is 9.66. The van der Waals surface area contributed by atoms with Crippen molar-refractivity contribution in [1.82, 2.24) is 9.97 Å². The van der Waals surface area contributed by atoms with Gasteiger partial charge in [0, 0.05) is 6.54 Å². The third kappa shape index (κ3) is 3.19. The molecule has 0 bridgehead atoms. The molecule has 2 aromatic rings. The number of nitrogens with one attached hydrogen (secondary N) is 1. The van der Waals surface area contributed by atoms with E-state index in [4.69, 9.17) is 0 Å². The van der Waals surface area contributed by atoms with Crippen LogP contribution in [0.3, 0.4) is 0 Å². The molecule has 3 nitrogen and oxygen atoms in total.